The van der Waals surface area contributed by atoms with E-state index < -0.39 is 45.1 Å². The van der Waals surface area contributed by atoms with Crippen molar-refractivity contribution in [2.45, 2.75) is 48.9 Å². The van der Waals surface area contributed by atoms with Crippen LogP contribution < -0.4 is 25.4 Å². The molecule has 1 aliphatic rings. The zero-order valence-corrected chi connectivity index (χ0v) is 27.7. The minimum Gasteiger partial charge on any atom is -0.493 e. The molecular formula is C32H37ClN4O8S. The molecule has 46 heavy (non-hydrogen) atoms. The lowest BCUT2D eigenvalue weighted by Gasteiger charge is -2.32. The second-order valence-electron chi connectivity index (χ2n) is 11.1. The molecule has 0 saturated carbocycles. The van der Waals surface area contributed by atoms with Gasteiger partial charge in [-0.2, -0.15) is 0 Å². The Labute approximate surface area is 272 Å². The van der Waals surface area contributed by atoms with Gasteiger partial charge in [-0.15, -0.1) is 0 Å². The molecule has 1 aliphatic heterocycles. The number of nitrogens with two attached hydrogens (primary N) is 1. The molecule has 0 aliphatic carbocycles. The van der Waals surface area contributed by atoms with Crippen LogP contribution in [0.25, 0.3) is 0 Å². The van der Waals surface area contributed by atoms with E-state index in [1.165, 1.54) is 57.7 Å². The van der Waals surface area contributed by atoms with Crippen molar-refractivity contribution in [2.24, 2.45) is 5.73 Å². The van der Waals surface area contributed by atoms with E-state index in [1.54, 1.807) is 36.9 Å². The molecule has 0 aromatic heterocycles. The highest BCUT2D eigenvalue weighted by Crippen LogP contribution is 2.41. The van der Waals surface area contributed by atoms with E-state index in [2.05, 4.69) is 5.32 Å². The number of hydrogen-bond donors (Lipinski definition) is 3. The average Bonchev–Trinajstić information content (AvgIpc) is 3.53. The normalized spacial score (nSPS) is 15.4. The van der Waals surface area contributed by atoms with Crippen LogP contribution in [0.1, 0.15) is 60.3 Å². The van der Waals surface area contributed by atoms with E-state index in [0.717, 1.165) is 4.90 Å². The highest BCUT2D eigenvalue weighted by molar-refractivity contribution is 7.92. The van der Waals surface area contributed by atoms with E-state index in [1.807, 2.05) is 0 Å². The number of benzene rings is 3. The lowest BCUT2D eigenvalue weighted by molar-refractivity contribution is -0.133. The molecule has 0 spiro atoms. The molecule has 4 rings (SSSR count). The smallest absolute Gasteiger partial charge is 0.411 e. The third-order valence-corrected chi connectivity index (χ3v) is 10.6. The molecule has 2 atom stereocenters. The number of anilines is 2. The topological polar surface area (TPSA) is 169 Å². The van der Waals surface area contributed by atoms with E-state index in [0.29, 0.717) is 42.0 Å². The molecule has 0 radical (unpaired) electrons. The van der Waals surface area contributed by atoms with Crippen LogP contribution in [0.15, 0.2) is 59.5 Å². The SMILES string of the molecule is COc1ccc([C@H](Nc2cc(C(N)=O)ccc2Cl)C(=O)N2CCC[C@@H]2c2cc(N(C)C(=O)O)ccc2S(=O)(=O)C(C)C)cc1OC. The maximum absolute atomic E-state index is 14.6. The van der Waals surface area contributed by atoms with Crippen LogP contribution in [0.2, 0.25) is 5.02 Å². The lowest BCUT2D eigenvalue weighted by Crippen LogP contribution is -2.38. The van der Waals surface area contributed by atoms with Gasteiger partial charge in [0.25, 0.3) is 0 Å². The lowest BCUT2D eigenvalue weighted by atomic mass is 10.00. The van der Waals surface area contributed by atoms with E-state index in [-0.39, 0.29) is 26.9 Å². The van der Waals surface area contributed by atoms with Crippen LogP contribution in [0.4, 0.5) is 16.2 Å². The highest BCUT2D eigenvalue weighted by Gasteiger charge is 2.38. The van der Waals surface area contributed by atoms with E-state index in [4.69, 9.17) is 26.8 Å². The van der Waals surface area contributed by atoms with Gasteiger partial charge in [-0.05, 0) is 86.3 Å². The molecule has 14 heteroatoms. The van der Waals surface area contributed by atoms with Gasteiger partial charge in [-0.3, -0.25) is 14.5 Å². The van der Waals surface area contributed by atoms with Crippen LogP contribution in [-0.4, -0.2) is 69.4 Å². The number of nitrogens with one attached hydrogen (secondary N) is 1. The monoisotopic (exact) mass is 672 g/mol. The predicted octanol–water partition coefficient (Wildman–Crippen LogP) is 5.27. The first-order valence-electron chi connectivity index (χ1n) is 14.4. The summed E-state index contributed by atoms with van der Waals surface area (Å²) in [6.45, 7) is 3.42. The maximum atomic E-state index is 14.6. The summed E-state index contributed by atoms with van der Waals surface area (Å²) < 4.78 is 37.9. The second kappa shape index (κ2) is 13.9. The quantitative estimate of drug-likeness (QED) is 0.246. The molecule has 1 heterocycles. The van der Waals surface area contributed by atoms with Crippen molar-refractivity contribution < 1.29 is 37.4 Å². The molecule has 1 saturated heterocycles. The molecular weight excluding hydrogens is 636 g/mol. The molecule has 4 N–H and O–H groups in total. The fraction of sp³-hybridized carbons (Fsp3) is 0.344. The van der Waals surface area contributed by atoms with Crippen molar-refractivity contribution in [1.82, 2.24) is 4.90 Å². The van der Waals surface area contributed by atoms with Crippen LogP contribution in [0.5, 0.6) is 11.5 Å². The molecule has 3 aromatic rings. The standard InChI is InChI=1S/C32H37ClN4O8S/c1-18(2)46(42,43)28-13-10-21(36(3)32(40)41)17-22(28)25-7-6-14-37(25)31(39)29(19-9-12-26(44-4)27(16-19)45-5)35-24-15-20(30(34)38)8-11-23(24)33/h8-13,15-18,25,29,35H,6-7,14H2,1-5H3,(H2,34,38)(H,40,41)/t25-,29+/m1/s1. The minimum absolute atomic E-state index is 0.0302. The van der Waals surface area contributed by atoms with Crippen LogP contribution in [0, 0.1) is 0 Å². The number of carbonyl (C=O) groups is 3. The minimum atomic E-state index is -3.82. The number of halogens is 1. The summed E-state index contributed by atoms with van der Waals surface area (Å²) in [7, 11) is 0.486. The van der Waals surface area contributed by atoms with Gasteiger partial charge in [0.15, 0.2) is 21.3 Å². The third-order valence-electron chi connectivity index (χ3n) is 8.03. The maximum Gasteiger partial charge on any atom is 0.411 e. The number of amides is 3. The number of rotatable bonds is 11. The predicted molar refractivity (Wildman–Crippen MR) is 175 cm³/mol. The fourth-order valence-electron chi connectivity index (χ4n) is 5.41. The zero-order chi connectivity index (χ0) is 33.9. The van der Waals surface area contributed by atoms with Crippen molar-refractivity contribution in [3.05, 3.63) is 76.3 Å². The highest BCUT2D eigenvalue weighted by atomic mass is 35.5. The molecule has 246 valence electrons. The van der Waals surface area contributed by atoms with Gasteiger partial charge in [0.1, 0.15) is 6.04 Å². The van der Waals surface area contributed by atoms with Gasteiger partial charge in [-0.25, -0.2) is 13.2 Å². The second-order valence-corrected chi connectivity index (χ2v) is 14.0. The largest absolute Gasteiger partial charge is 0.493 e. The number of ether oxygens (including phenoxy) is 2. The number of carbonyl (C=O) groups excluding carboxylic acids is 2. The van der Waals surface area contributed by atoms with Crippen molar-refractivity contribution in [1.29, 1.82) is 0 Å². The van der Waals surface area contributed by atoms with Crippen LogP contribution in [-0.2, 0) is 14.6 Å². The number of sulfone groups is 1. The molecule has 12 nitrogen and oxygen atoms in total. The van der Waals surface area contributed by atoms with Gasteiger partial charge in [-0.1, -0.05) is 17.7 Å². The number of primary amides is 1. The van der Waals surface area contributed by atoms with Gasteiger partial charge >= 0.3 is 6.09 Å². The first-order chi connectivity index (χ1) is 21.7. The van der Waals surface area contributed by atoms with Gasteiger partial charge in [0, 0.05) is 24.8 Å². The molecule has 3 amide bonds. The first-order valence-corrected chi connectivity index (χ1v) is 16.4. The Hall–Kier alpha value is -4.49. The Morgan fingerprint density at radius 3 is 2.35 bits per heavy atom. The van der Waals surface area contributed by atoms with Gasteiger partial charge in [0.05, 0.1) is 41.1 Å². The molecule has 0 unspecified atom stereocenters. The van der Waals surface area contributed by atoms with Gasteiger partial charge in [0.2, 0.25) is 11.8 Å². The fourth-order valence-corrected chi connectivity index (χ4v) is 6.87. The zero-order valence-electron chi connectivity index (χ0n) is 26.1. The summed E-state index contributed by atoms with van der Waals surface area (Å²) in [5.74, 6) is -0.295. The van der Waals surface area contributed by atoms with Crippen molar-refractivity contribution in [2.75, 3.05) is 38.0 Å². The summed E-state index contributed by atoms with van der Waals surface area (Å²) in [4.78, 5) is 41.0. The Morgan fingerprint density at radius 2 is 1.74 bits per heavy atom. The summed E-state index contributed by atoms with van der Waals surface area (Å²) >= 11 is 6.50. The van der Waals surface area contributed by atoms with Crippen LogP contribution >= 0.6 is 11.6 Å². The molecule has 1 fully saturated rings. The van der Waals surface area contributed by atoms with Gasteiger partial charge < -0.3 is 30.5 Å². The number of nitrogens with zero attached hydrogens (tertiary/aromatic N) is 2. The Kier molecular flexibility index (Phi) is 10.4. The van der Waals surface area contributed by atoms with Crippen LogP contribution in [0.3, 0.4) is 0 Å². The van der Waals surface area contributed by atoms with Crippen molar-refractivity contribution >= 4 is 50.7 Å². The Morgan fingerprint density at radius 1 is 1.04 bits per heavy atom. The summed E-state index contributed by atoms with van der Waals surface area (Å²) in [5, 5.41) is 12.3. The summed E-state index contributed by atoms with van der Waals surface area (Å²) in [6, 6.07) is 12.0. The van der Waals surface area contributed by atoms with E-state index in [9.17, 15) is 27.9 Å². The summed E-state index contributed by atoms with van der Waals surface area (Å²) in [5.41, 5.74) is 7.01. The molecule has 3 aromatic carbocycles. The number of methoxy groups -OCH3 is 2. The Balaban J connectivity index is 1.87. The first kappa shape index (κ1) is 34.4. The molecule has 0 bridgehead atoms. The van der Waals surface area contributed by atoms with Crippen molar-refractivity contribution in [3.63, 3.8) is 0 Å². The Bertz CT molecular complexity index is 1760. The number of likely N-dealkylation sites (tertiary alicyclic amines) is 1. The number of hydrogen-bond acceptors (Lipinski definition) is 8. The number of carboxylic acid groups (broad SMARTS) is 1. The van der Waals surface area contributed by atoms with Crippen molar-refractivity contribution in [3.8, 4) is 11.5 Å². The average molecular weight is 673 g/mol. The third kappa shape index (κ3) is 6.85. The summed E-state index contributed by atoms with van der Waals surface area (Å²) in [6.07, 6.45) is -0.228. The van der Waals surface area contributed by atoms with E-state index >= 15 is 0 Å².